The van der Waals surface area contributed by atoms with Gasteiger partial charge in [-0.2, -0.15) is 0 Å². The van der Waals surface area contributed by atoms with Gasteiger partial charge in [0.1, 0.15) is 10.6 Å². The first kappa shape index (κ1) is 25.0. The molecule has 2 atom stereocenters. The van der Waals surface area contributed by atoms with E-state index in [1.54, 1.807) is 0 Å². The van der Waals surface area contributed by atoms with Gasteiger partial charge in [-0.3, -0.25) is 9.59 Å². The van der Waals surface area contributed by atoms with Gasteiger partial charge in [-0.15, -0.1) is 0 Å². The van der Waals surface area contributed by atoms with Gasteiger partial charge in [-0.1, -0.05) is 34.8 Å². The Morgan fingerprint density at radius 1 is 1.17 bits per heavy atom. The number of methoxy groups -OCH3 is 1. The first-order chi connectivity index (χ1) is 13.6. The van der Waals surface area contributed by atoms with Crippen LogP contribution in [-0.2, 0) is 29.4 Å². The van der Waals surface area contributed by atoms with E-state index in [4.69, 9.17) is 39.5 Å². The van der Waals surface area contributed by atoms with Gasteiger partial charge in [0.2, 0.25) is 15.9 Å². The Kier molecular flexibility index (Phi) is 7.53. The van der Waals surface area contributed by atoms with Gasteiger partial charge in [-0.25, -0.2) is 21.6 Å². The van der Waals surface area contributed by atoms with Gasteiger partial charge in [0.05, 0.1) is 30.7 Å². The van der Waals surface area contributed by atoms with Crippen LogP contribution in [0.2, 0.25) is 0 Å². The second kappa shape index (κ2) is 9.05. The molecule has 0 saturated carbocycles. The Bertz CT molecular complexity index is 1060. The first-order valence-corrected chi connectivity index (χ1v) is 12.6. The summed E-state index contributed by atoms with van der Waals surface area (Å²) < 4.78 is 55.0. The predicted octanol–water partition coefficient (Wildman–Crippen LogP) is 0.584. The van der Waals surface area contributed by atoms with Crippen molar-refractivity contribution in [3.05, 3.63) is 18.2 Å². The monoisotopic (exact) mass is 521 g/mol. The lowest BCUT2D eigenvalue weighted by Crippen LogP contribution is -2.53. The summed E-state index contributed by atoms with van der Waals surface area (Å²) in [5.41, 5.74) is 0.184. The standard InChI is InChI=1S/C15H18Cl3N3O7S2/c1-8(22)19-9-3-4-12(28-2)13(5-9)30(26,27)21-11-7-29(24,25)6-10(11)20-14(23)15(16,17)18/h3-5,10-11,21H,6-7H2,1-2H3,(H,19,22)(H,20,23)/t10-,11+/m1/s1. The largest absolute Gasteiger partial charge is 0.495 e. The minimum atomic E-state index is -4.34. The van der Waals surface area contributed by atoms with Crippen molar-refractivity contribution in [2.45, 2.75) is 27.7 Å². The molecule has 15 heteroatoms. The third-order valence-corrected chi connectivity index (χ3v) is 7.77. The Morgan fingerprint density at radius 2 is 1.77 bits per heavy atom. The molecule has 1 aliphatic heterocycles. The van der Waals surface area contributed by atoms with Crippen molar-refractivity contribution >= 4 is 72.2 Å². The number of alkyl halides is 3. The van der Waals surface area contributed by atoms with Crippen LogP contribution in [0.4, 0.5) is 5.69 Å². The Hall–Kier alpha value is -1.31. The van der Waals surface area contributed by atoms with E-state index in [1.807, 2.05) is 0 Å². The molecule has 0 spiro atoms. The van der Waals surface area contributed by atoms with E-state index in [-0.39, 0.29) is 16.3 Å². The van der Waals surface area contributed by atoms with E-state index in [2.05, 4.69) is 15.4 Å². The molecule has 1 aliphatic rings. The molecule has 0 aromatic heterocycles. The van der Waals surface area contributed by atoms with Crippen molar-refractivity contribution in [2.24, 2.45) is 0 Å². The Balaban J connectivity index is 2.36. The van der Waals surface area contributed by atoms with E-state index < -0.39 is 59.1 Å². The lowest BCUT2D eigenvalue weighted by Gasteiger charge is -2.23. The fourth-order valence-corrected chi connectivity index (χ4v) is 6.39. The van der Waals surface area contributed by atoms with Crippen LogP contribution in [-0.4, -0.2) is 63.1 Å². The van der Waals surface area contributed by atoms with Gasteiger partial charge in [0, 0.05) is 12.6 Å². The van der Waals surface area contributed by atoms with Gasteiger partial charge in [0.15, 0.2) is 9.84 Å². The zero-order valence-electron chi connectivity index (χ0n) is 15.6. The van der Waals surface area contributed by atoms with Gasteiger partial charge >= 0.3 is 0 Å². The van der Waals surface area contributed by atoms with E-state index in [0.29, 0.717) is 0 Å². The summed E-state index contributed by atoms with van der Waals surface area (Å²) in [4.78, 5) is 22.8. The van der Waals surface area contributed by atoms with Crippen molar-refractivity contribution in [1.29, 1.82) is 0 Å². The molecule has 30 heavy (non-hydrogen) atoms. The highest BCUT2D eigenvalue weighted by atomic mass is 35.6. The average molecular weight is 523 g/mol. The molecule has 0 radical (unpaired) electrons. The van der Waals surface area contributed by atoms with E-state index in [0.717, 1.165) is 6.07 Å². The number of amides is 2. The maximum Gasteiger partial charge on any atom is 0.272 e. The predicted molar refractivity (Wildman–Crippen MR) is 112 cm³/mol. The number of carbonyl (C=O) groups excluding carboxylic acids is 2. The van der Waals surface area contributed by atoms with Crippen LogP contribution in [0, 0.1) is 0 Å². The van der Waals surface area contributed by atoms with Crippen LogP contribution >= 0.6 is 34.8 Å². The second-order valence-corrected chi connectivity index (χ2v) is 12.5. The Labute approximate surface area is 188 Å². The minimum absolute atomic E-state index is 0.0423. The van der Waals surface area contributed by atoms with Crippen LogP contribution in [0.1, 0.15) is 6.92 Å². The van der Waals surface area contributed by atoms with Crippen molar-refractivity contribution in [3.8, 4) is 5.75 Å². The number of halogens is 3. The molecule has 1 aromatic rings. The highest BCUT2D eigenvalue weighted by Crippen LogP contribution is 2.29. The smallest absolute Gasteiger partial charge is 0.272 e. The summed E-state index contributed by atoms with van der Waals surface area (Å²) in [7, 11) is -6.78. The number of hydrogen-bond donors (Lipinski definition) is 3. The van der Waals surface area contributed by atoms with Gasteiger partial charge in [0.25, 0.3) is 9.70 Å². The molecule has 1 heterocycles. The number of rotatable bonds is 6. The molecule has 0 aliphatic carbocycles. The molecule has 1 aromatic carbocycles. The number of anilines is 1. The Morgan fingerprint density at radius 3 is 2.30 bits per heavy atom. The molecule has 1 saturated heterocycles. The number of sulfone groups is 1. The van der Waals surface area contributed by atoms with E-state index in [9.17, 15) is 26.4 Å². The van der Waals surface area contributed by atoms with Crippen LogP contribution in [0.3, 0.4) is 0 Å². The van der Waals surface area contributed by atoms with Crippen LogP contribution < -0.4 is 20.1 Å². The van der Waals surface area contributed by atoms with Crippen LogP contribution in [0.15, 0.2) is 23.1 Å². The second-order valence-electron chi connectivity index (χ2n) is 6.43. The van der Waals surface area contributed by atoms with Crippen LogP contribution in [0.25, 0.3) is 0 Å². The molecule has 2 rings (SSSR count). The summed E-state index contributed by atoms with van der Waals surface area (Å²) in [6.07, 6.45) is 0. The van der Waals surface area contributed by atoms with Crippen molar-refractivity contribution in [3.63, 3.8) is 0 Å². The zero-order valence-corrected chi connectivity index (χ0v) is 19.5. The minimum Gasteiger partial charge on any atom is -0.495 e. The maximum atomic E-state index is 13.0. The summed E-state index contributed by atoms with van der Waals surface area (Å²) in [5.74, 6) is -2.68. The molecule has 3 N–H and O–H groups in total. The molecule has 10 nitrogen and oxygen atoms in total. The fraction of sp³-hybridized carbons (Fsp3) is 0.467. The summed E-state index contributed by atoms with van der Waals surface area (Å²) in [5, 5.41) is 4.68. The lowest BCUT2D eigenvalue weighted by molar-refractivity contribution is -0.121. The van der Waals surface area contributed by atoms with E-state index >= 15 is 0 Å². The number of benzene rings is 1. The van der Waals surface area contributed by atoms with Gasteiger partial charge in [-0.05, 0) is 18.2 Å². The maximum absolute atomic E-state index is 13.0. The quantitative estimate of drug-likeness (QED) is 0.463. The molecule has 1 fully saturated rings. The molecule has 2 amide bonds. The third-order valence-electron chi connectivity index (χ3n) is 4.01. The topological polar surface area (TPSA) is 148 Å². The molecule has 0 bridgehead atoms. The highest BCUT2D eigenvalue weighted by molar-refractivity contribution is 7.92. The summed E-state index contributed by atoms with van der Waals surface area (Å²) >= 11 is 16.5. The fourth-order valence-electron chi connectivity index (χ4n) is 2.79. The number of hydrogen-bond acceptors (Lipinski definition) is 7. The molecule has 0 unspecified atom stereocenters. The SMILES string of the molecule is COc1ccc(NC(C)=O)cc1S(=O)(=O)N[C@H]1CS(=O)(=O)C[C@H]1NC(=O)C(Cl)(Cl)Cl. The summed E-state index contributed by atoms with van der Waals surface area (Å²) in [6.45, 7) is 1.25. The molecular weight excluding hydrogens is 505 g/mol. The summed E-state index contributed by atoms with van der Waals surface area (Å²) in [6, 6.07) is 1.51. The third kappa shape index (κ3) is 6.34. The average Bonchev–Trinajstić information content (AvgIpc) is 2.86. The van der Waals surface area contributed by atoms with Gasteiger partial charge < -0.3 is 15.4 Å². The number of nitrogens with one attached hydrogen (secondary N) is 3. The molecular formula is C15H18Cl3N3O7S2. The van der Waals surface area contributed by atoms with Crippen LogP contribution in [0.5, 0.6) is 5.75 Å². The van der Waals surface area contributed by atoms with Crippen molar-refractivity contribution in [1.82, 2.24) is 10.0 Å². The van der Waals surface area contributed by atoms with Crippen molar-refractivity contribution < 1.29 is 31.2 Å². The van der Waals surface area contributed by atoms with E-state index in [1.165, 1.54) is 26.2 Å². The first-order valence-electron chi connectivity index (χ1n) is 8.21. The normalized spacial score (nSPS) is 21.1. The van der Waals surface area contributed by atoms with Crippen molar-refractivity contribution in [2.75, 3.05) is 23.9 Å². The molecule has 168 valence electrons. The zero-order chi connectivity index (χ0) is 22.9. The highest BCUT2D eigenvalue weighted by Gasteiger charge is 2.43. The number of sulfonamides is 1. The number of carbonyl (C=O) groups is 2. The lowest BCUT2D eigenvalue weighted by atomic mass is 10.2. The number of ether oxygens (including phenoxy) is 1.